The Bertz CT molecular complexity index is 651. The van der Waals surface area contributed by atoms with Crippen LogP contribution in [0.3, 0.4) is 0 Å². The lowest BCUT2D eigenvalue weighted by Crippen LogP contribution is -2.43. The molecule has 2 amide bonds. The van der Waals surface area contributed by atoms with Gasteiger partial charge in [-0.2, -0.15) is 0 Å². The van der Waals surface area contributed by atoms with Crippen LogP contribution < -0.4 is 16.4 Å². The molecule has 7 nitrogen and oxygen atoms in total. The lowest BCUT2D eigenvalue weighted by Gasteiger charge is -2.27. The number of nitrogens with two attached hydrogens (primary N) is 1. The van der Waals surface area contributed by atoms with E-state index in [1.54, 1.807) is 12.1 Å². The number of ether oxygens (including phenoxy) is 2. The summed E-state index contributed by atoms with van der Waals surface area (Å²) in [4.78, 5) is 24.0. The average Bonchev–Trinajstić information content (AvgIpc) is 2.55. The third-order valence-corrected chi connectivity index (χ3v) is 3.69. The van der Waals surface area contributed by atoms with Gasteiger partial charge in [0.15, 0.2) is 0 Å². The first-order valence-electron chi connectivity index (χ1n) is 9.21. The number of rotatable bonds is 8. The Morgan fingerprint density at radius 1 is 1.11 bits per heavy atom. The summed E-state index contributed by atoms with van der Waals surface area (Å²) in [6.45, 7) is 12.1. The Hall–Kier alpha value is -2.28. The molecule has 0 atom stereocenters. The largest absolute Gasteiger partial charge is 0.444 e. The molecule has 0 aliphatic heterocycles. The van der Waals surface area contributed by atoms with E-state index in [4.69, 9.17) is 15.2 Å². The number of nitrogens with one attached hydrogen (secondary N) is 2. The van der Waals surface area contributed by atoms with Crippen molar-refractivity contribution in [2.45, 2.75) is 59.2 Å². The van der Waals surface area contributed by atoms with Gasteiger partial charge >= 0.3 is 6.09 Å². The zero-order valence-electron chi connectivity index (χ0n) is 17.3. The highest BCUT2D eigenvalue weighted by Gasteiger charge is 2.22. The van der Waals surface area contributed by atoms with Gasteiger partial charge < -0.3 is 25.8 Å². The summed E-state index contributed by atoms with van der Waals surface area (Å²) in [5.41, 5.74) is 6.82. The molecule has 1 rings (SSSR count). The molecule has 0 aliphatic rings. The summed E-state index contributed by atoms with van der Waals surface area (Å²) < 4.78 is 11.0. The number of nitrogen functional groups attached to an aromatic ring is 1. The van der Waals surface area contributed by atoms with Gasteiger partial charge in [-0.3, -0.25) is 4.79 Å². The smallest absolute Gasteiger partial charge is 0.407 e. The van der Waals surface area contributed by atoms with Gasteiger partial charge in [0, 0.05) is 24.3 Å². The molecule has 1 aromatic rings. The maximum absolute atomic E-state index is 12.3. The van der Waals surface area contributed by atoms with Crippen molar-refractivity contribution in [2.75, 3.05) is 25.4 Å². The number of hydrogen-bond acceptors (Lipinski definition) is 5. The SMILES string of the molecule is CCc1cc(N)ccc1C(=O)NCCOC(C)(C)CNC(=O)OC(C)(C)C. The molecule has 0 spiro atoms. The molecule has 0 saturated heterocycles. The monoisotopic (exact) mass is 379 g/mol. The second kappa shape index (κ2) is 9.60. The van der Waals surface area contributed by atoms with Gasteiger partial charge in [-0.15, -0.1) is 0 Å². The van der Waals surface area contributed by atoms with Gasteiger partial charge in [0.2, 0.25) is 0 Å². The number of aryl methyl sites for hydroxylation is 1. The van der Waals surface area contributed by atoms with Gasteiger partial charge in [-0.05, 0) is 64.8 Å². The van der Waals surface area contributed by atoms with Gasteiger partial charge in [-0.25, -0.2) is 4.79 Å². The normalized spacial score (nSPS) is 11.8. The van der Waals surface area contributed by atoms with E-state index in [2.05, 4.69) is 10.6 Å². The molecule has 0 heterocycles. The van der Waals surface area contributed by atoms with Crippen molar-refractivity contribution in [2.24, 2.45) is 0 Å². The predicted molar refractivity (Wildman–Crippen MR) is 107 cm³/mol. The second-order valence-electron chi connectivity index (χ2n) is 7.99. The molecule has 0 saturated carbocycles. The number of carbonyl (C=O) groups excluding carboxylic acids is 2. The summed E-state index contributed by atoms with van der Waals surface area (Å²) in [6.07, 6.45) is 0.246. The molecule has 27 heavy (non-hydrogen) atoms. The van der Waals surface area contributed by atoms with E-state index in [1.807, 2.05) is 47.6 Å². The van der Waals surface area contributed by atoms with Gasteiger partial charge in [0.25, 0.3) is 5.91 Å². The molecule has 0 fully saturated rings. The average molecular weight is 380 g/mol. The Balaban J connectivity index is 2.39. The van der Waals surface area contributed by atoms with Crippen molar-refractivity contribution < 1.29 is 19.1 Å². The zero-order valence-corrected chi connectivity index (χ0v) is 17.3. The molecule has 0 aromatic heterocycles. The van der Waals surface area contributed by atoms with E-state index >= 15 is 0 Å². The van der Waals surface area contributed by atoms with Crippen LogP contribution in [-0.2, 0) is 15.9 Å². The Morgan fingerprint density at radius 3 is 2.37 bits per heavy atom. The molecule has 4 N–H and O–H groups in total. The minimum absolute atomic E-state index is 0.153. The number of carbonyl (C=O) groups is 2. The summed E-state index contributed by atoms with van der Waals surface area (Å²) in [6, 6.07) is 5.27. The molecule has 0 bridgehead atoms. The van der Waals surface area contributed by atoms with E-state index < -0.39 is 17.3 Å². The van der Waals surface area contributed by atoms with Crippen LogP contribution in [0.5, 0.6) is 0 Å². The highest BCUT2D eigenvalue weighted by atomic mass is 16.6. The molecule has 1 aromatic carbocycles. The van der Waals surface area contributed by atoms with Crippen LogP contribution in [0.1, 0.15) is 57.5 Å². The van der Waals surface area contributed by atoms with E-state index in [9.17, 15) is 9.59 Å². The molecular formula is C20H33N3O4. The second-order valence-corrected chi connectivity index (χ2v) is 7.99. The maximum Gasteiger partial charge on any atom is 0.407 e. The van der Waals surface area contributed by atoms with Crippen LogP contribution in [0.25, 0.3) is 0 Å². The van der Waals surface area contributed by atoms with E-state index in [-0.39, 0.29) is 5.91 Å². The minimum Gasteiger partial charge on any atom is -0.444 e. The Labute approximate surface area is 162 Å². The van der Waals surface area contributed by atoms with Gasteiger partial charge in [0.05, 0.1) is 12.2 Å². The van der Waals surface area contributed by atoms with Gasteiger partial charge in [0.1, 0.15) is 5.60 Å². The van der Waals surface area contributed by atoms with Crippen molar-refractivity contribution in [3.8, 4) is 0 Å². The van der Waals surface area contributed by atoms with E-state index in [1.165, 1.54) is 0 Å². The molecule has 152 valence electrons. The first-order valence-corrected chi connectivity index (χ1v) is 9.21. The third kappa shape index (κ3) is 8.77. The molecule has 0 aliphatic carbocycles. The summed E-state index contributed by atoms with van der Waals surface area (Å²) >= 11 is 0. The van der Waals surface area contributed by atoms with Crippen LogP contribution >= 0.6 is 0 Å². The molecule has 0 unspecified atom stereocenters. The lowest BCUT2D eigenvalue weighted by molar-refractivity contribution is -0.0172. The van der Waals surface area contributed by atoms with Crippen molar-refractivity contribution in [1.29, 1.82) is 0 Å². The summed E-state index contributed by atoms with van der Waals surface area (Å²) in [5.74, 6) is -0.153. The molecule has 7 heteroatoms. The van der Waals surface area contributed by atoms with Gasteiger partial charge in [-0.1, -0.05) is 6.92 Å². The van der Waals surface area contributed by atoms with Crippen molar-refractivity contribution in [3.63, 3.8) is 0 Å². The standard InChI is InChI=1S/C20H33N3O4/c1-7-14-12-15(21)8-9-16(14)17(24)22-10-11-26-20(5,6)13-23-18(25)27-19(2,3)4/h8-9,12H,7,10-11,13,21H2,1-6H3,(H,22,24)(H,23,25). The van der Waals surface area contributed by atoms with Crippen LogP contribution in [0.4, 0.5) is 10.5 Å². The van der Waals surface area contributed by atoms with Crippen LogP contribution in [0.2, 0.25) is 0 Å². The Morgan fingerprint density at radius 2 is 1.78 bits per heavy atom. The number of amides is 2. The van der Waals surface area contributed by atoms with Crippen LogP contribution in [-0.4, -0.2) is 42.9 Å². The molecular weight excluding hydrogens is 346 g/mol. The number of anilines is 1. The predicted octanol–water partition coefficient (Wildman–Crippen LogP) is 2.88. The van der Waals surface area contributed by atoms with E-state index in [0.29, 0.717) is 30.9 Å². The first-order chi connectivity index (χ1) is 12.4. The number of alkyl carbamates (subject to hydrolysis) is 1. The summed E-state index contributed by atoms with van der Waals surface area (Å²) in [5, 5.41) is 5.53. The molecule has 0 radical (unpaired) electrons. The fraction of sp³-hybridized carbons (Fsp3) is 0.600. The highest BCUT2D eigenvalue weighted by Crippen LogP contribution is 2.14. The third-order valence-electron chi connectivity index (χ3n) is 3.69. The van der Waals surface area contributed by atoms with Crippen molar-refractivity contribution in [1.82, 2.24) is 10.6 Å². The van der Waals surface area contributed by atoms with E-state index in [0.717, 1.165) is 12.0 Å². The zero-order chi connectivity index (χ0) is 20.7. The topological polar surface area (TPSA) is 103 Å². The minimum atomic E-state index is -0.586. The first kappa shape index (κ1) is 22.8. The van der Waals surface area contributed by atoms with Crippen LogP contribution in [0.15, 0.2) is 18.2 Å². The number of benzene rings is 1. The summed E-state index contributed by atoms with van der Waals surface area (Å²) in [7, 11) is 0. The number of hydrogen-bond donors (Lipinski definition) is 3. The highest BCUT2D eigenvalue weighted by molar-refractivity contribution is 5.96. The van der Waals surface area contributed by atoms with Crippen molar-refractivity contribution >= 4 is 17.7 Å². The van der Waals surface area contributed by atoms with Crippen LogP contribution in [0, 0.1) is 0 Å². The Kier molecular flexibility index (Phi) is 8.09. The lowest BCUT2D eigenvalue weighted by atomic mass is 10.0. The quantitative estimate of drug-likeness (QED) is 0.476. The van der Waals surface area contributed by atoms with Crippen molar-refractivity contribution in [3.05, 3.63) is 29.3 Å². The fourth-order valence-electron chi connectivity index (χ4n) is 2.37. The maximum atomic E-state index is 12.3. The fourth-order valence-corrected chi connectivity index (χ4v) is 2.37.